The largest absolute Gasteiger partial charge is 0.349 e. The summed E-state index contributed by atoms with van der Waals surface area (Å²) >= 11 is 0. The number of benzene rings is 1. The van der Waals surface area contributed by atoms with Gasteiger partial charge in [-0.1, -0.05) is 12.1 Å². The Hall–Kier alpha value is -2.68. The van der Waals surface area contributed by atoms with Gasteiger partial charge in [0.25, 0.3) is 5.91 Å². The highest BCUT2D eigenvalue weighted by Crippen LogP contribution is 2.22. The second-order valence-corrected chi connectivity index (χ2v) is 9.84. The van der Waals surface area contributed by atoms with Crippen LogP contribution in [0.2, 0.25) is 0 Å². The van der Waals surface area contributed by atoms with Gasteiger partial charge in [0.2, 0.25) is 5.91 Å². The van der Waals surface area contributed by atoms with Crippen molar-refractivity contribution in [1.29, 1.82) is 0 Å². The summed E-state index contributed by atoms with van der Waals surface area (Å²) < 4.78 is 25.5. The molecule has 4 rings (SSSR count). The number of sulfone groups is 1. The predicted octanol–water partition coefficient (Wildman–Crippen LogP) is 1.23. The molecule has 2 aromatic rings. The fraction of sp³-hybridized carbons (Fsp3) is 0.450. The van der Waals surface area contributed by atoms with Gasteiger partial charge in [-0.15, -0.1) is 0 Å². The second kappa shape index (κ2) is 7.62. The maximum absolute atomic E-state index is 12.5. The van der Waals surface area contributed by atoms with Crippen molar-refractivity contribution in [2.45, 2.75) is 38.8 Å². The zero-order valence-electron chi connectivity index (χ0n) is 16.3. The third kappa shape index (κ3) is 4.05. The average Bonchev–Trinajstić information content (AvgIpc) is 3.26. The first kappa shape index (κ1) is 19.6. The first-order valence-corrected chi connectivity index (χ1v) is 11.6. The summed E-state index contributed by atoms with van der Waals surface area (Å²) in [7, 11) is -3.13. The van der Waals surface area contributed by atoms with Crippen LogP contribution in [0.3, 0.4) is 0 Å². The van der Waals surface area contributed by atoms with E-state index in [-0.39, 0.29) is 41.9 Å². The van der Waals surface area contributed by atoms with Crippen LogP contribution in [0.5, 0.6) is 0 Å². The molecule has 8 nitrogen and oxygen atoms in total. The summed E-state index contributed by atoms with van der Waals surface area (Å²) in [5.74, 6) is -0.561. The van der Waals surface area contributed by atoms with E-state index in [1.54, 1.807) is 0 Å². The first-order chi connectivity index (χ1) is 13.8. The highest BCUT2D eigenvalue weighted by Gasteiger charge is 2.37. The zero-order valence-corrected chi connectivity index (χ0v) is 17.1. The van der Waals surface area contributed by atoms with Gasteiger partial charge in [0.05, 0.1) is 17.5 Å². The molecule has 1 saturated heterocycles. The summed E-state index contributed by atoms with van der Waals surface area (Å²) in [6.07, 6.45) is 2.81. The quantitative estimate of drug-likeness (QED) is 0.792. The molecule has 1 atom stereocenters. The minimum Gasteiger partial charge on any atom is -0.349 e. The van der Waals surface area contributed by atoms with E-state index >= 15 is 0 Å². The molecule has 154 valence electrons. The molecule has 9 heteroatoms. The van der Waals surface area contributed by atoms with E-state index in [4.69, 9.17) is 0 Å². The summed E-state index contributed by atoms with van der Waals surface area (Å²) in [5.41, 5.74) is 2.61. The molecule has 1 N–H and O–H groups in total. The Morgan fingerprint density at radius 1 is 1.28 bits per heavy atom. The second-order valence-electron chi connectivity index (χ2n) is 7.61. The van der Waals surface area contributed by atoms with E-state index in [0.717, 1.165) is 5.52 Å². The van der Waals surface area contributed by atoms with Crippen LogP contribution in [0.4, 0.5) is 0 Å². The van der Waals surface area contributed by atoms with Crippen LogP contribution in [-0.2, 0) is 26.0 Å². The Kier molecular flexibility index (Phi) is 5.16. The van der Waals surface area contributed by atoms with Crippen molar-refractivity contribution in [1.82, 2.24) is 14.9 Å². The van der Waals surface area contributed by atoms with Gasteiger partial charge in [0.1, 0.15) is 5.71 Å². The van der Waals surface area contributed by atoms with Crippen molar-refractivity contribution in [2.24, 2.45) is 5.10 Å². The summed E-state index contributed by atoms with van der Waals surface area (Å²) in [6.45, 7) is 3.12. The molecule has 0 spiro atoms. The maximum atomic E-state index is 12.5. The van der Waals surface area contributed by atoms with Crippen molar-refractivity contribution in [3.8, 4) is 0 Å². The van der Waals surface area contributed by atoms with Gasteiger partial charge in [-0.2, -0.15) is 5.10 Å². The van der Waals surface area contributed by atoms with Crippen molar-refractivity contribution in [3.63, 3.8) is 0 Å². The summed E-state index contributed by atoms with van der Waals surface area (Å²) in [4.78, 5) is 24.7. The fourth-order valence-electron chi connectivity index (χ4n) is 3.95. The molecule has 0 bridgehead atoms. The van der Waals surface area contributed by atoms with Crippen molar-refractivity contribution >= 4 is 38.3 Å². The first-order valence-electron chi connectivity index (χ1n) is 9.77. The molecule has 1 aromatic carbocycles. The van der Waals surface area contributed by atoms with Crippen LogP contribution < -0.4 is 5.32 Å². The lowest BCUT2D eigenvalue weighted by atomic mass is 10.1. The molecule has 2 amide bonds. The predicted molar refractivity (Wildman–Crippen MR) is 110 cm³/mol. The van der Waals surface area contributed by atoms with Crippen LogP contribution in [0.1, 0.15) is 24.8 Å². The molecular weight excluding hydrogens is 392 g/mol. The molecule has 0 unspecified atom stereocenters. The molecule has 0 radical (unpaired) electrons. The highest BCUT2D eigenvalue weighted by atomic mass is 32.2. The fourth-order valence-corrected chi connectivity index (χ4v) is 5.64. The number of hydrogen-bond donors (Lipinski definition) is 1. The lowest BCUT2D eigenvalue weighted by molar-refractivity contribution is -0.133. The van der Waals surface area contributed by atoms with Gasteiger partial charge < -0.3 is 9.88 Å². The number of rotatable bonds is 5. The van der Waals surface area contributed by atoms with Crippen molar-refractivity contribution in [2.75, 3.05) is 18.1 Å². The van der Waals surface area contributed by atoms with Gasteiger partial charge in [-0.3, -0.25) is 9.59 Å². The number of carbonyl (C=O) groups is 2. The van der Waals surface area contributed by atoms with E-state index < -0.39 is 15.9 Å². The molecule has 0 saturated carbocycles. The minimum atomic E-state index is -3.13. The zero-order chi connectivity index (χ0) is 20.6. The van der Waals surface area contributed by atoms with Crippen molar-refractivity contribution < 1.29 is 18.0 Å². The third-order valence-corrected chi connectivity index (χ3v) is 7.30. The van der Waals surface area contributed by atoms with Gasteiger partial charge >= 0.3 is 0 Å². The van der Waals surface area contributed by atoms with Gasteiger partial charge in [0.15, 0.2) is 9.84 Å². The van der Waals surface area contributed by atoms with E-state index in [2.05, 4.69) is 40.1 Å². The summed E-state index contributed by atoms with van der Waals surface area (Å²) in [6, 6.07) is 7.73. The SMILES string of the molecule is Cc1cccc2c1ccn2CCNC(=O)C1=NN([C@@H]2CCS(=O)(=O)C2)C(=O)CC1. The van der Waals surface area contributed by atoms with E-state index in [1.807, 2.05) is 12.3 Å². The molecule has 0 aliphatic carbocycles. The van der Waals surface area contributed by atoms with Crippen LogP contribution in [0.25, 0.3) is 10.9 Å². The number of aromatic nitrogens is 1. The number of hydrazone groups is 1. The number of amides is 2. The van der Waals surface area contributed by atoms with Gasteiger partial charge in [-0.25, -0.2) is 13.4 Å². The topological polar surface area (TPSA) is 101 Å². The Morgan fingerprint density at radius 3 is 2.86 bits per heavy atom. The van der Waals surface area contributed by atoms with Gasteiger partial charge in [-0.05, 0) is 31.0 Å². The Bertz CT molecular complexity index is 1100. The Labute approximate surface area is 169 Å². The Morgan fingerprint density at radius 2 is 2.10 bits per heavy atom. The number of carbonyl (C=O) groups excluding carboxylic acids is 2. The normalized spacial score (nSPS) is 21.4. The number of nitrogens with zero attached hydrogens (tertiary/aromatic N) is 3. The monoisotopic (exact) mass is 416 g/mol. The smallest absolute Gasteiger partial charge is 0.267 e. The molecular formula is C20H24N4O4S. The van der Waals surface area contributed by atoms with Crippen LogP contribution >= 0.6 is 0 Å². The average molecular weight is 417 g/mol. The molecule has 2 aliphatic rings. The number of fused-ring (bicyclic) bond motifs is 1. The van der Waals surface area contributed by atoms with E-state index in [1.165, 1.54) is 16.0 Å². The molecule has 3 heterocycles. The molecule has 29 heavy (non-hydrogen) atoms. The standard InChI is InChI=1S/C20H24N4O4S/c1-14-3-2-4-18-16(14)7-10-23(18)11-9-21-20(26)17-5-6-19(25)24(22-17)15-8-12-29(27,28)13-15/h2-4,7,10,15H,5-6,8-9,11-13H2,1H3,(H,21,26)/t15-/m1/s1. The minimum absolute atomic E-state index is 0.0583. The third-order valence-electron chi connectivity index (χ3n) is 5.55. The molecule has 2 aliphatic heterocycles. The van der Waals surface area contributed by atoms with Crippen molar-refractivity contribution in [3.05, 3.63) is 36.0 Å². The lowest BCUT2D eigenvalue weighted by Crippen LogP contribution is -2.44. The lowest BCUT2D eigenvalue weighted by Gasteiger charge is -2.27. The van der Waals surface area contributed by atoms with E-state index in [0.29, 0.717) is 19.5 Å². The van der Waals surface area contributed by atoms with Gasteiger partial charge in [0, 0.05) is 43.0 Å². The summed E-state index contributed by atoms with van der Waals surface area (Å²) in [5, 5.41) is 9.47. The number of hydrogen-bond acceptors (Lipinski definition) is 5. The highest BCUT2D eigenvalue weighted by molar-refractivity contribution is 7.91. The molecule has 1 fully saturated rings. The van der Waals surface area contributed by atoms with Crippen LogP contribution in [0, 0.1) is 6.92 Å². The van der Waals surface area contributed by atoms with Crippen LogP contribution in [-0.4, -0.2) is 59.6 Å². The number of nitrogens with one attached hydrogen (secondary N) is 1. The Balaban J connectivity index is 1.39. The molecule has 1 aromatic heterocycles. The van der Waals surface area contributed by atoms with Crippen LogP contribution in [0.15, 0.2) is 35.6 Å². The maximum Gasteiger partial charge on any atom is 0.267 e. The number of aryl methyl sites for hydroxylation is 1. The van der Waals surface area contributed by atoms with E-state index in [9.17, 15) is 18.0 Å².